The van der Waals surface area contributed by atoms with Gasteiger partial charge in [0.05, 0.1) is 14.2 Å². The van der Waals surface area contributed by atoms with E-state index in [2.05, 4.69) is 19.9 Å². The molecule has 1 aliphatic carbocycles. The van der Waals surface area contributed by atoms with Gasteiger partial charge in [-0.1, -0.05) is 20.3 Å². The molecule has 0 aliphatic heterocycles. The second kappa shape index (κ2) is 5.41. The van der Waals surface area contributed by atoms with Gasteiger partial charge in [0.15, 0.2) is 0 Å². The van der Waals surface area contributed by atoms with Gasteiger partial charge in [-0.2, -0.15) is 0 Å². The first-order valence-electron chi connectivity index (χ1n) is 7.04. The molecule has 0 radical (unpaired) electrons. The van der Waals surface area contributed by atoms with E-state index in [0.29, 0.717) is 12.5 Å². The Morgan fingerprint density at radius 2 is 1.79 bits per heavy atom. The van der Waals surface area contributed by atoms with Crippen LogP contribution in [0.15, 0.2) is 12.1 Å². The first-order valence-corrected chi connectivity index (χ1v) is 7.04. The van der Waals surface area contributed by atoms with Crippen molar-refractivity contribution in [3.05, 3.63) is 23.3 Å². The van der Waals surface area contributed by atoms with E-state index in [4.69, 9.17) is 15.2 Å². The SMILES string of the molecule is COc1cc(OC)c(C2(CN)CCC2)cc1C(C)C. The van der Waals surface area contributed by atoms with Crippen molar-refractivity contribution in [3.63, 3.8) is 0 Å². The van der Waals surface area contributed by atoms with E-state index in [1.54, 1.807) is 14.2 Å². The maximum atomic E-state index is 6.03. The summed E-state index contributed by atoms with van der Waals surface area (Å²) < 4.78 is 11.1. The van der Waals surface area contributed by atoms with Crippen molar-refractivity contribution in [1.29, 1.82) is 0 Å². The summed E-state index contributed by atoms with van der Waals surface area (Å²) in [6.45, 7) is 5.06. The Morgan fingerprint density at radius 3 is 2.16 bits per heavy atom. The number of hydrogen-bond acceptors (Lipinski definition) is 3. The first-order chi connectivity index (χ1) is 9.07. The molecule has 106 valence electrons. The second-order valence-corrected chi connectivity index (χ2v) is 5.79. The smallest absolute Gasteiger partial charge is 0.126 e. The summed E-state index contributed by atoms with van der Waals surface area (Å²) in [6, 6.07) is 4.26. The van der Waals surface area contributed by atoms with Crippen LogP contribution in [-0.4, -0.2) is 20.8 Å². The molecule has 2 rings (SSSR count). The van der Waals surface area contributed by atoms with Gasteiger partial charge < -0.3 is 15.2 Å². The van der Waals surface area contributed by atoms with Crippen molar-refractivity contribution in [2.75, 3.05) is 20.8 Å². The Balaban J connectivity index is 2.55. The number of hydrogen-bond donors (Lipinski definition) is 1. The topological polar surface area (TPSA) is 44.5 Å². The lowest BCUT2D eigenvalue weighted by Crippen LogP contribution is -2.41. The Bertz CT molecular complexity index is 445. The van der Waals surface area contributed by atoms with Crippen LogP contribution in [0, 0.1) is 0 Å². The predicted octanol–water partition coefficient (Wildman–Crippen LogP) is 3.21. The Morgan fingerprint density at radius 1 is 1.16 bits per heavy atom. The van der Waals surface area contributed by atoms with Crippen LogP contribution in [-0.2, 0) is 5.41 Å². The van der Waals surface area contributed by atoms with Gasteiger partial charge in [0.25, 0.3) is 0 Å². The lowest BCUT2D eigenvalue weighted by Gasteiger charge is -2.42. The molecule has 1 fully saturated rings. The van der Waals surface area contributed by atoms with Gasteiger partial charge in [0, 0.05) is 23.6 Å². The normalized spacial score (nSPS) is 17.2. The summed E-state index contributed by atoms with van der Waals surface area (Å²) in [5.74, 6) is 2.24. The van der Waals surface area contributed by atoms with Gasteiger partial charge >= 0.3 is 0 Å². The number of methoxy groups -OCH3 is 2. The molecule has 0 amide bonds. The quantitative estimate of drug-likeness (QED) is 0.887. The minimum Gasteiger partial charge on any atom is -0.496 e. The van der Waals surface area contributed by atoms with Crippen molar-refractivity contribution in [3.8, 4) is 11.5 Å². The minimum absolute atomic E-state index is 0.112. The summed E-state index contributed by atoms with van der Waals surface area (Å²) in [7, 11) is 3.43. The van der Waals surface area contributed by atoms with Crippen LogP contribution in [0.5, 0.6) is 11.5 Å². The predicted molar refractivity (Wildman–Crippen MR) is 78.2 cm³/mol. The summed E-state index contributed by atoms with van der Waals surface area (Å²) in [5, 5.41) is 0. The van der Waals surface area contributed by atoms with E-state index in [1.807, 2.05) is 6.07 Å². The lowest BCUT2D eigenvalue weighted by molar-refractivity contribution is 0.242. The molecule has 1 aromatic rings. The molecule has 1 saturated carbocycles. The number of rotatable bonds is 5. The molecule has 0 heterocycles. The van der Waals surface area contributed by atoms with Crippen LogP contribution in [0.2, 0.25) is 0 Å². The van der Waals surface area contributed by atoms with Crippen LogP contribution in [0.1, 0.15) is 50.2 Å². The molecule has 1 aliphatic rings. The fourth-order valence-electron chi connectivity index (χ4n) is 2.98. The van der Waals surface area contributed by atoms with Crippen LogP contribution in [0.3, 0.4) is 0 Å². The lowest BCUT2D eigenvalue weighted by atomic mass is 9.64. The third kappa shape index (κ3) is 2.32. The summed E-state index contributed by atoms with van der Waals surface area (Å²) in [4.78, 5) is 0. The minimum atomic E-state index is 0.112. The molecule has 1 aromatic carbocycles. The monoisotopic (exact) mass is 263 g/mol. The zero-order valence-electron chi connectivity index (χ0n) is 12.5. The van der Waals surface area contributed by atoms with Gasteiger partial charge in [-0.25, -0.2) is 0 Å². The Labute approximate surface area is 116 Å². The van der Waals surface area contributed by atoms with Crippen LogP contribution >= 0.6 is 0 Å². The van der Waals surface area contributed by atoms with E-state index < -0.39 is 0 Å². The molecule has 19 heavy (non-hydrogen) atoms. The van der Waals surface area contributed by atoms with E-state index in [-0.39, 0.29) is 5.41 Å². The van der Waals surface area contributed by atoms with Gasteiger partial charge in [0.2, 0.25) is 0 Å². The van der Waals surface area contributed by atoms with Gasteiger partial charge in [0.1, 0.15) is 11.5 Å². The molecule has 2 N–H and O–H groups in total. The second-order valence-electron chi connectivity index (χ2n) is 5.79. The molecule has 0 atom stereocenters. The van der Waals surface area contributed by atoms with Gasteiger partial charge in [-0.3, -0.25) is 0 Å². The maximum Gasteiger partial charge on any atom is 0.126 e. The van der Waals surface area contributed by atoms with Gasteiger partial charge in [-0.15, -0.1) is 0 Å². The van der Waals surface area contributed by atoms with E-state index >= 15 is 0 Å². The van der Waals surface area contributed by atoms with Crippen LogP contribution in [0.25, 0.3) is 0 Å². The molecule has 0 spiro atoms. The van der Waals surface area contributed by atoms with Gasteiger partial charge in [-0.05, 0) is 30.4 Å². The highest BCUT2D eigenvalue weighted by atomic mass is 16.5. The molecular weight excluding hydrogens is 238 g/mol. The van der Waals surface area contributed by atoms with Crippen LogP contribution in [0.4, 0.5) is 0 Å². The standard InChI is InChI=1S/C16H25NO2/c1-11(2)12-8-13(16(10-17)6-5-7-16)15(19-4)9-14(12)18-3/h8-9,11H,5-7,10,17H2,1-4H3. The highest BCUT2D eigenvalue weighted by molar-refractivity contribution is 5.52. The molecule has 0 unspecified atom stereocenters. The highest BCUT2D eigenvalue weighted by Gasteiger charge is 2.40. The Kier molecular flexibility index (Phi) is 4.04. The largest absolute Gasteiger partial charge is 0.496 e. The van der Waals surface area contributed by atoms with Crippen molar-refractivity contribution >= 4 is 0 Å². The fourth-order valence-corrected chi connectivity index (χ4v) is 2.98. The molecule has 0 saturated heterocycles. The molecule has 0 bridgehead atoms. The summed E-state index contributed by atoms with van der Waals surface area (Å²) in [5.41, 5.74) is 8.64. The zero-order valence-corrected chi connectivity index (χ0v) is 12.5. The molecular formula is C16H25NO2. The van der Waals surface area contributed by atoms with E-state index in [1.165, 1.54) is 17.5 Å². The van der Waals surface area contributed by atoms with Crippen LogP contribution < -0.4 is 15.2 Å². The average Bonchev–Trinajstić information content (AvgIpc) is 2.37. The molecule has 3 nitrogen and oxygen atoms in total. The number of nitrogens with two attached hydrogens (primary N) is 1. The number of ether oxygens (including phenoxy) is 2. The average molecular weight is 263 g/mol. The molecule has 3 heteroatoms. The van der Waals surface area contributed by atoms with E-state index in [9.17, 15) is 0 Å². The maximum absolute atomic E-state index is 6.03. The highest BCUT2D eigenvalue weighted by Crippen LogP contribution is 2.48. The zero-order chi connectivity index (χ0) is 14.0. The van der Waals surface area contributed by atoms with Crippen molar-refractivity contribution in [2.45, 2.75) is 44.4 Å². The van der Waals surface area contributed by atoms with E-state index in [0.717, 1.165) is 24.3 Å². The third-order valence-electron chi connectivity index (χ3n) is 4.45. The summed E-state index contributed by atoms with van der Waals surface area (Å²) >= 11 is 0. The summed E-state index contributed by atoms with van der Waals surface area (Å²) in [6.07, 6.45) is 3.57. The van der Waals surface area contributed by atoms with Crippen molar-refractivity contribution in [1.82, 2.24) is 0 Å². The third-order valence-corrected chi connectivity index (χ3v) is 4.45. The van der Waals surface area contributed by atoms with Crippen molar-refractivity contribution in [2.24, 2.45) is 5.73 Å². The first kappa shape index (κ1) is 14.2. The van der Waals surface area contributed by atoms with Crippen molar-refractivity contribution < 1.29 is 9.47 Å². The Hall–Kier alpha value is -1.22. The fraction of sp³-hybridized carbons (Fsp3) is 0.625. The molecule has 0 aromatic heterocycles. The number of benzene rings is 1.